The highest BCUT2D eigenvalue weighted by atomic mass is 35.5. The van der Waals surface area contributed by atoms with Gasteiger partial charge in [0.15, 0.2) is 0 Å². The quantitative estimate of drug-likeness (QED) is 0.858. The van der Waals surface area contributed by atoms with E-state index in [1.165, 1.54) is 22.4 Å². The monoisotopic (exact) mass is 300 g/mol. The molecule has 110 valence electrons. The number of hydrogen-bond donors (Lipinski definition) is 1. The van der Waals surface area contributed by atoms with Crippen molar-refractivity contribution in [2.45, 2.75) is 25.8 Å². The van der Waals surface area contributed by atoms with E-state index in [0.717, 1.165) is 17.3 Å². The number of halogens is 1. The van der Waals surface area contributed by atoms with Gasteiger partial charge in [-0.05, 0) is 43.4 Å². The maximum Gasteiger partial charge on any atom is 0.0467 e. The van der Waals surface area contributed by atoms with Crippen molar-refractivity contribution in [1.29, 1.82) is 0 Å². The number of rotatable bonds is 2. The molecule has 0 amide bonds. The summed E-state index contributed by atoms with van der Waals surface area (Å²) in [5.41, 5.74) is 6.00. The Labute approximate surface area is 131 Å². The summed E-state index contributed by atoms with van der Waals surface area (Å²) in [7, 11) is 4.18. The van der Waals surface area contributed by atoms with Gasteiger partial charge >= 0.3 is 0 Å². The first-order valence-electron chi connectivity index (χ1n) is 7.24. The van der Waals surface area contributed by atoms with Gasteiger partial charge in [-0.1, -0.05) is 43.6 Å². The molecule has 3 heteroatoms. The summed E-state index contributed by atoms with van der Waals surface area (Å²) < 4.78 is 0. The third-order valence-electron chi connectivity index (χ3n) is 4.16. The lowest BCUT2D eigenvalue weighted by atomic mass is 9.74. The summed E-state index contributed by atoms with van der Waals surface area (Å²) in [6.07, 6.45) is 0. The van der Waals surface area contributed by atoms with Crippen LogP contribution in [-0.2, 0) is 12.0 Å². The minimum absolute atomic E-state index is 0.101. The number of anilines is 2. The Bertz CT molecular complexity index is 690. The molecule has 1 aliphatic heterocycles. The number of nitrogens with zero attached hydrogens (tertiary/aromatic N) is 1. The molecule has 0 unspecified atom stereocenters. The van der Waals surface area contributed by atoms with Crippen molar-refractivity contribution in [2.24, 2.45) is 0 Å². The van der Waals surface area contributed by atoms with Gasteiger partial charge in [0, 0.05) is 33.9 Å². The predicted octanol–water partition coefficient (Wildman–Crippen LogP) is 4.78. The highest BCUT2D eigenvalue weighted by Crippen LogP contribution is 2.48. The second-order valence-corrected chi connectivity index (χ2v) is 6.94. The standard InChI is InChI=1S/C18H21ClN2/c1-18(2)13-10-12(11-21(3)4)8-9-15(13)20-16-7-5-6-14(19)17(16)18/h5-10,20H,11H2,1-4H3. The molecule has 1 heterocycles. The van der Waals surface area contributed by atoms with Crippen LogP contribution >= 0.6 is 11.6 Å². The zero-order chi connectivity index (χ0) is 15.2. The maximum absolute atomic E-state index is 6.47. The molecule has 0 spiro atoms. The van der Waals surface area contributed by atoms with Crippen LogP contribution in [0.4, 0.5) is 11.4 Å². The fourth-order valence-corrected chi connectivity index (χ4v) is 3.64. The Morgan fingerprint density at radius 3 is 2.57 bits per heavy atom. The average Bonchev–Trinajstić information content (AvgIpc) is 2.38. The van der Waals surface area contributed by atoms with Crippen LogP contribution in [0.25, 0.3) is 0 Å². The molecule has 1 N–H and O–H groups in total. The zero-order valence-electron chi connectivity index (χ0n) is 13.0. The summed E-state index contributed by atoms with van der Waals surface area (Å²) in [5.74, 6) is 0. The molecule has 1 aliphatic rings. The van der Waals surface area contributed by atoms with Crippen molar-refractivity contribution >= 4 is 23.0 Å². The van der Waals surface area contributed by atoms with E-state index in [1.54, 1.807) is 0 Å². The van der Waals surface area contributed by atoms with E-state index < -0.39 is 0 Å². The molecule has 21 heavy (non-hydrogen) atoms. The van der Waals surface area contributed by atoms with Gasteiger partial charge in [0.1, 0.15) is 0 Å². The average molecular weight is 301 g/mol. The van der Waals surface area contributed by atoms with Crippen LogP contribution in [0.5, 0.6) is 0 Å². The molecule has 0 aliphatic carbocycles. The third-order valence-corrected chi connectivity index (χ3v) is 4.48. The second kappa shape index (κ2) is 5.04. The van der Waals surface area contributed by atoms with E-state index >= 15 is 0 Å². The van der Waals surface area contributed by atoms with Crippen molar-refractivity contribution in [3.63, 3.8) is 0 Å². The topological polar surface area (TPSA) is 15.3 Å². The van der Waals surface area contributed by atoms with Gasteiger partial charge in [-0.15, -0.1) is 0 Å². The van der Waals surface area contributed by atoms with Crippen LogP contribution in [0.1, 0.15) is 30.5 Å². The Hall–Kier alpha value is -1.51. The number of benzene rings is 2. The summed E-state index contributed by atoms with van der Waals surface area (Å²) in [5, 5.41) is 4.35. The van der Waals surface area contributed by atoms with Gasteiger partial charge in [-0.2, -0.15) is 0 Å². The molecule has 2 aromatic carbocycles. The van der Waals surface area contributed by atoms with E-state index in [1.807, 2.05) is 12.1 Å². The van der Waals surface area contributed by atoms with Crippen LogP contribution in [0.2, 0.25) is 5.02 Å². The fraction of sp³-hybridized carbons (Fsp3) is 0.333. The molecule has 0 fully saturated rings. The largest absolute Gasteiger partial charge is 0.355 e. The van der Waals surface area contributed by atoms with E-state index in [0.29, 0.717) is 0 Å². The molecule has 2 aromatic rings. The van der Waals surface area contributed by atoms with Gasteiger partial charge in [-0.25, -0.2) is 0 Å². The smallest absolute Gasteiger partial charge is 0.0467 e. The van der Waals surface area contributed by atoms with E-state index in [4.69, 9.17) is 11.6 Å². The molecule has 0 aromatic heterocycles. The SMILES string of the molecule is CN(C)Cc1ccc2c(c1)C(C)(C)c1c(Cl)cccc1N2. The van der Waals surface area contributed by atoms with Crippen molar-refractivity contribution in [1.82, 2.24) is 4.90 Å². The summed E-state index contributed by atoms with van der Waals surface area (Å²) in [6, 6.07) is 12.7. The zero-order valence-corrected chi connectivity index (χ0v) is 13.8. The van der Waals surface area contributed by atoms with Crippen LogP contribution in [0.15, 0.2) is 36.4 Å². The summed E-state index contributed by atoms with van der Waals surface area (Å²) in [6.45, 7) is 5.44. The van der Waals surface area contributed by atoms with Gasteiger partial charge in [-0.3, -0.25) is 0 Å². The molecule has 0 saturated heterocycles. The highest BCUT2D eigenvalue weighted by molar-refractivity contribution is 6.32. The molecular weight excluding hydrogens is 280 g/mol. The minimum atomic E-state index is -0.101. The first-order valence-corrected chi connectivity index (χ1v) is 7.61. The van der Waals surface area contributed by atoms with Gasteiger partial charge in [0.25, 0.3) is 0 Å². The normalized spacial score (nSPS) is 15.3. The van der Waals surface area contributed by atoms with E-state index in [-0.39, 0.29) is 5.41 Å². The lowest BCUT2D eigenvalue weighted by Gasteiger charge is -2.36. The molecule has 2 nitrogen and oxygen atoms in total. The van der Waals surface area contributed by atoms with Gasteiger partial charge < -0.3 is 10.2 Å². The third kappa shape index (κ3) is 2.43. The van der Waals surface area contributed by atoms with Crippen molar-refractivity contribution in [2.75, 3.05) is 19.4 Å². The van der Waals surface area contributed by atoms with Crippen LogP contribution < -0.4 is 5.32 Å². The Morgan fingerprint density at radius 2 is 1.86 bits per heavy atom. The lowest BCUT2D eigenvalue weighted by Crippen LogP contribution is -2.27. The van der Waals surface area contributed by atoms with Crippen LogP contribution in [0.3, 0.4) is 0 Å². The van der Waals surface area contributed by atoms with Crippen LogP contribution in [-0.4, -0.2) is 19.0 Å². The molecule has 0 radical (unpaired) electrons. The van der Waals surface area contributed by atoms with Crippen molar-refractivity contribution in [3.8, 4) is 0 Å². The Morgan fingerprint density at radius 1 is 1.10 bits per heavy atom. The van der Waals surface area contributed by atoms with E-state index in [2.05, 4.69) is 62.4 Å². The summed E-state index contributed by atoms with van der Waals surface area (Å²) >= 11 is 6.47. The van der Waals surface area contributed by atoms with Crippen LogP contribution in [0, 0.1) is 0 Å². The lowest BCUT2D eigenvalue weighted by molar-refractivity contribution is 0.402. The molecule has 0 atom stereocenters. The van der Waals surface area contributed by atoms with Crippen molar-refractivity contribution in [3.05, 3.63) is 58.1 Å². The molecule has 3 rings (SSSR count). The first-order chi connectivity index (χ1) is 9.89. The fourth-order valence-electron chi connectivity index (χ4n) is 3.22. The molecular formula is C18H21ClN2. The minimum Gasteiger partial charge on any atom is -0.355 e. The maximum atomic E-state index is 6.47. The molecule has 0 bridgehead atoms. The van der Waals surface area contributed by atoms with Crippen molar-refractivity contribution < 1.29 is 0 Å². The number of nitrogens with one attached hydrogen (secondary N) is 1. The molecule has 0 saturated carbocycles. The number of fused-ring (bicyclic) bond motifs is 2. The second-order valence-electron chi connectivity index (χ2n) is 6.53. The predicted molar refractivity (Wildman–Crippen MR) is 90.7 cm³/mol. The Kier molecular flexibility index (Phi) is 3.46. The Balaban J connectivity index is 2.14. The highest BCUT2D eigenvalue weighted by Gasteiger charge is 2.34. The van der Waals surface area contributed by atoms with E-state index in [9.17, 15) is 0 Å². The van der Waals surface area contributed by atoms with Gasteiger partial charge in [0.2, 0.25) is 0 Å². The number of hydrogen-bond acceptors (Lipinski definition) is 2. The summed E-state index contributed by atoms with van der Waals surface area (Å²) in [4.78, 5) is 2.19. The van der Waals surface area contributed by atoms with Gasteiger partial charge in [0.05, 0.1) is 0 Å². The first kappa shape index (κ1) is 14.4.